The third-order valence-electron chi connectivity index (χ3n) is 3.73. The van der Waals surface area contributed by atoms with Gasteiger partial charge in [-0.05, 0) is 35.9 Å². The SMILES string of the molecule is Cc1cccc(-c2cc3c(ccc4ccccc43)o2)c1. The Bertz CT molecular complexity index is 915. The molecule has 4 aromatic rings. The summed E-state index contributed by atoms with van der Waals surface area (Å²) in [5.41, 5.74) is 3.32. The Balaban J connectivity index is 2.01. The Hall–Kier alpha value is -2.54. The monoisotopic (exact) mass is 258 g/mol. The van der Waals surface area contributed by atoms with E-state index in [1.807, 2.05) is 0 Å². The molecule has 0 radical (unpaired) electrons. The summed E-state index contributed by atoms with van der Waals surface area (Å²) in [4.78, 5) is 0. The van der Waals surface area contributed by atoms with E-state index in [1.54, 1.807) is 0 Å². The summed E-state index contributed by atoms with van der Waals surface area (Å²) in [6.45, 7) is 2.10. The van der Waals surface area contributed by atoms with Crippen LogP contribution < -0.4 is 0 Å². The van der Waals surface area contributed by atoms with Crippen molar-refractivity contribution in [2.45, 2.75) is 6.92 Å². The van der Waals surface area contributed by atoms with E-state index in [4.69, 9.17) is 4.42 Å². The molecule has 0 saturated heterocycles. The summed E-state index contributed by atoms with van der Waals surface area (Å²) in [6, 6.07) is 23.1. The minimum absolute atomic E-state index is 0.931. The molecule has 0 atom stereocenters. The van der Waals surface area contributed by atoms with Gasteiger partial charge in [0.2, 0.25) is 0 Å². The number of aryl methyl sites for hydroxylation is 1. The van der Waals surface area contributed by atoms with Crippen LogP contribution in [0, 0.1) is 6.92 Å². The summed E-state index contributed by atoms with van der Waals surface area (Å²) in [5, 5.41) is 3.67. The van der Waals surface area contributed by atoms with Crippen LogP contribution in [0.2, 0.25) is 0 Å². The Labute approximate surface area is 117 Å². The van der Waals surface area contributed by atoms with Crippen LogP contribution in [0.3, 0.4) is 0 Å². The maximum atomic E-state index is 6.02. The zero-order valence-electron chi connectivity index (χ0n) is 11.3. The molecule has 0 amide bonds. The largest absolute Gasteiger partial charge is 0.456 e. The van der Waals surface area contributed by atoms with Gasteiger partial charge in [0.15, 0.2) is 0 Å². The molecule has 1 nitrogen and oxygen atoms in total. The predicted octanol–water partition coefficient (Wildman–Crippen LogP) is 5.56. The first kappa shape index (κ1) is 11.3. The van der Waals surface area contributed by atoms with E-state index in [9.17, 15) is 0 Å². The van der Waals surface area contributed by atoms with Crippen molar-refractivity contribution >= 4 is 21.7 Å². The summed E-state index contributed by atoms with van der Waals surface area (Å²) < 4.78 is 6.02. The second-order valence-corrected chi connectivity index (χ2v) is 5.18. The molecule has 96 valence electrons. The van der Waals surface area contributed by atoms with E-state index in [0.29, 0.717) is 0 Å². The predicted molar refractivity (Wildman–Crippen MR) is 83.9 cm³/mol. The fourth-order valence-corrected chi connectivity index (χ4v) is 2.73. The van der Waals surface area contributed by atoms with E-state index < -0.39 is 0 Å². The molecular formula is C19H14O. The number of hydrogen-bond donors (Lipinski definition) is 0. The molecular weight excluding hydrogens is 244 g/mol. The molecule has 0 N–H and O–H groups in total. The maximum absolute atomic E-state index is 6.02. The van der Waals surface area contributed by atoms with Crippen LogP contribution in [0.1, 0.15) is 5.56 Å². The van der Waals surface area contributed by atoms with Gasteiger partial charge in [-0.1, -0.05) is 54.1 Å². The van der Waals surface area contributed by atoms with Gasteiger partial charge in [0, 0.05) is 10.9 Å². The molecule has 4 rings (SSSR count). The van der Waals surface area contributed by atoms with Crippen LogP contribution in [-0.2, 0) is 0 Å². The van der Waals surface area contributed by atoms with Crippen molar-refractivity contribution in [2.75, 3.05) is 0 Å². The van der Waals surface area contributed by atoms with Crippen molar-refractivity contribution in [3.63, 3.8) is 0 Å². The maximum Gasteiger partial charge on any atom is 0.135 e. The second-order valence-electron chi connectivity index (χ2n) is 5.18. The van der Waals surface area contributed by atoms with Crippen molar-refractivity contribution in [3.8, 4) is 11.3 Å². The topological polar surface area (TPSA) is 13.1 Å². The van der Waals surface area contributed by atoms with Crippen molar-refractivity contribution in [1.82, 2.24) is 0 Å². The molecule has 0 spiro atoms. The molecule has 0 aliphatic rings. The van der Waals surface area contributed by atoms with Crippen LogP contribution in [0.15, 0.2) is 71.1 Å². The van der Waals surface area contributed by atoms with Crippen LogP contribution in [0.5, 0.6) is 0 Å². The molecule has 1 heteroatoms. The highest BCUT2D eigenvalue weighted by molar-refractivity contribution is 6.06. The van der Waals surface area contributed by atoms with Gasteiger partial charge < -0.3 is 4.42 Å². The lowest BCUT2D eigenvalue weighted by molar-refractivity contribution is 0.631. The van der Waals surface area contributed by atoms with E-state index in [1.165, 1.54) is 21.7 Å². The third kappa shape index (κ3) is 1.71. The number of benzene rings is 3. The first-order chi connectivity index (χ1) is 9.81. The fourth-order valence-electron chi connectivity index (χ4n) is 2.73. The zero-order valence-corrected chi connectivity index (χ0v) is 11.3. The van der Waals surface area contributed by atoms with E-state index in [0.717, 1.165) is 16.9 Å². The molecule has 20 heavy (non-hydrogen) atoms. The van der Waals surface area contributed by atoms with Gasteiger partial charge in [0.1, 0.15) is 11.3 Å². The molecule has 1 heterocycles. The summed E-state index contributed by atoms with van der Waals surface area (Å²) in [7, 11) is 0. The van der Waals surface area contributed by atoms with Gasteiger partial charge in [-0.15, -0.1) is 0 Å². The third-order valence-corrected chi connectivity index (χ3v) is 3.73. The number of hydrogen-bond acceptors (Lipinski definition) is 1. The Morgan fingerprint density at radius 2 is 1.65 bits per heavy atom. The van der Waals surface area contributed by atoms with Crippen LogP contribution >= 0.6 is 0 Å². The van der Waals surface area contributed by atoms with Crippen LogP contribution in [0.4, 0.5) is 0 Å². The lowest BCUT2D eigenvalue weighted by Crippen LogP contribution is -1.75. The lowest BCUT2D eigenvalue weighted by Gasteiger charge is -1.97. The van der Waals surface area contributed by atoms with Gasteiger partial charge in [0.05, 0.1) is 0 Å². The van der Waals surface area contributed by atoms with Gasteiger partial charge >= 0.3 is 0 Å². The number of rotatable bonds is 1. The molecule has 3 aromatic carbocycles. The molecule has 0 bridgehead atoms. The van der Waals surface area contributed by atoms with E-state index in [-0.39, 0.29) is 0 Å². The van der Waals surface area contributed by atoms with Gasteiger partial charge in [0.25, 0.3) is 0 Å². The average Bonchev–Trinajstić information content (AvgIpc) is 2.92. The average molecular weight is 258 g/mol. The highest BCUT2D eigenvalue weighted by atomic mass is 16.3. The quantitative estimate of drug-likeness (QED) is 0.435. The molecule has 1 aromatic heterocycles. The molecule has 0 aliphatic heterocycles. The van der Waals surface area contributed by atoms with Crippen molar-refractivity contribution in [2.24, 2.45) is 0 Å². The van der Waals surface area contributed by atoms with Crippen molar-refractivity contribution in [1.29, 1.82) is 0 Å². The Morgan fingerprint density at radius 3 is 2.55 bits per heavy atom. The highest BCUT2D eigenvalue weighted by Gasteiger charge is 2.08. The first-order valence-electron chi connectivity index (χ1n) is 6.79. The van der Waals surface area contributed by atoms with Crippen molar-refractivity contribution < 1.29 is 4.42 Å². The number of furan rings is 1. The zero-order chi connectivity index (χ0) is 13.5. The smallest absolute Gasteiger partial charge is 0.135 e. The second kappa shape index (κ2) is 4.24. The minimum Gasteiger partial charge on any atom is -0.456 e. The van der Waals surface area contributed by atoms with Crippen LogP contribution in [-0.4, -0.2) is 0 Å². The van der Waals surface area contributed by atoms with Crippen LogP contribution in [0.25, 0.3) is 33.1 Å². The Kier molecular flexibility index (Phi) is 2.40. The van der Waals surface area contributed by atoms with Crippen molar-refractivity contribution in [3.05, 3.63) is 72.3 Å². The summed E-state index contributed by atoms with van der Waals surface area (Å²) in [5.74, 6) is 0.931. The normalized spacial score (nSPS) is 11.2. The first-order valence-corrected chi connectivity index (χ1v) is 6.79. The van der Waals surface area contributed by atoms with Gasteiger partial charge in [-0.3, -0.25) is 0 Å². The molecule has 0 saturated carbocycles. The lowest BCUT2D eigenvalue weighted by atomic mass is 10.1. The number of fused-ring (bicyclic) bond motifs is 3. The summed E-state index contributed by atoms with van der Waals surface area (Å²) in [6.07, 6.45) is 0. The standard InChI is InChI=1S/C19H14O/c1-13-5-4-7-15(11-13)19-12-17-16-8-3-2-6-14(16)9-10-18(17)20-19/h2-12H,1H3. The molecule has 0 aliphatic carbocycles. The molecule has 0 unspecified atom stereocenters. The van der Waals surface area contributed by atoms with Gasteiger partial charge in [-0.2, -0.15) is 0 Å². The highest BCUT2D eigenvalue weighted by Crippen LogP contribution is 2.32. The van der Waals surface area contributed by atoms with E-state index in [2.05, 4.69) is 73.7 Å². The van der Waals surface area contributed by atoms with Gasteiger partial charge in [-0.25, -0.2) is 0 Å². The summed E-state index contributed by atoms with van der Waals surface area (Å²) >= 11 is 0. The molecule has 0 fully saturated rings. The fraction of sp³-hybridized carbons (Fsp3) is 0.0526. The minimum atomic E-state index is 0.931. The Morgan fingerprint density at radius 1 is 0.750 bits per heavy atom. The van der Waals surface area contributed by atoms with E-state index >= 15 is 0 Å².